The van der Waals surface area contributed by atoms with Crippen LogP contribution < -0.4 is 5.32 Å². The predicted molar refractivity (Wildman–Crippen MR) is 62.1 cm³/mol. The fraction of sp³-hybridized carbons (Fsp3) is 0.455. The average molecular weight is 226 g/mol. The highest BCUT2D eigenvalue weighted by molar-refractivity contribution is 7.15. The van der Waals surface area contributed by atoms with Crippen molar-refractivity contribution in [2.45, 2.75) is 18.9 Å². The Bertz CT molecular complexity index is 371. The van der Waals surface area contributed by atoms with E-state index >= 15 is 0 Å². The summed E-state index contributed by atoms with van der Waals surface area (Å²) in [5.41, 5.74) is 1.11. The molecular formula is C11H12ClNS. The molecule has 3 heteroatoms. The van der Waals surface area contributed by atoms with E-state index in [1.54, 1.807) is 11.3 Å². The molecule has 0 aromatic carbocycles. The number of fused-ring (bicyclic) bond motifs is 2. The molecule has 14 heavy (non-hydrogen) atoms. The molecule has 1 aromatic rings. The molecule has 3 rings (SSSR count). The zero-order chi connectivity index (χ0) is 9.54. The molecule has 1 aromatic heterocycles. The Balaban J connectivity index is 1.75. The lowest BCUT2D eigenvalue weighted by molar-refractivity contribution is 0.615. The fourth-order valence-electron chi connectivity index (χ4n) is 2.54. The molecular weight excluding hydrogens is 214 g/mol. The lowest BCUT2D eigenvalue weighted by atomic mass is 10.0. The van der Waals surface area contributed by atoms with Gasteiger partial charge in [0.05, 0.1) is 5.69 Å². The van der Waals surface area contributed by atoms with Crippen molar-refractivity contribution >= 4 is 28.6 Å². The molecule has 2 bridgehead atoms. The SMILES string of the molecule is Clc1sccc1NC1C[C@@H]2C=C[C@H]1C2. The Hall–Kier alpha value is -0.470. The molecule has 1 unspecified atom stereocenters. The molecule has 1 N–H and O–H groups in total. The van der Waals surface area contributed by atoms with E-state index in [0.29, 0.717) is 6.04 Å². The number of halogens is 1. The Morgan fingerprint density at radius 2 is 2.29 bits per heavy atom. The van der Waals surface area contributed by atoms with Gasteiger partial charge in [-0.25, -0.2) is 0 Å². The van der Waals surface area contributed by atoms with E-state index < -0.39 is 0 Å². The van der Waals surface area contributed by atoms with Crippen LogP contribution in [-0.2, 0) is 0 Å². The summed E-state index contributed by atoms with van der Waals surface area (Å²) in [5, 5.41) is 5.58. The van der Waals surface area contributed by atoms with Crippen LogP contribution in [0.25, 0.3) is 0 Å². The number of thiophene rings is 1. The van der Waals surface area contributed by atoms with Gasteiger partial charge in [-0.1, -0.05) is 23.8 Å². The molecule has 0 aliphatic heterocycles. The Kier molecular flexibility index (Phi) is 2.06. The van der Waals surface area contributed by atoms with Gasteiger partial charge in [0, 0.05) is 6.04 Å². The third-order valence-electron chi connectivity index (χ3n) is 3.24. The zero-order valence-electron chi connectivity index (χ0n) is 7.74. The summed E-state index contributed by atoms with van der Waals surface area (Å²) in [6.45, 7) is 0. The highest BCUT2D eigenvalue weighted by Gasteiger charge is 2.35. The highest BCUT2D eigenvalue weighted by Crippen LogP contribution is 2.41. The minimum Gasteiger partial charge on any atom is -0.380 e. The van der Waals surface area contributed by atoms with E-state index in [-0.39, 0.29) is 0 Å². The van der Waals surface area contributed by atoms with Crippen molar-refractivity contribution < 1.29 is 0 Å². The molecule has 1 saturated carbocycles. The van der Waals surface area contributed by atoms with Crippen molar-refractivity contribution in [2.75, 3.05) is 5.32 Å². The van der Waals surface area contributed by atoms with Crippen LogP contribution in [0.1, 0.15) is 12.8 Å². The van der Waals surface area contributed by atoms with Gasteiger partial charge < -0.3 is 5.32 Å². The van der Waals surface area contributed by atoms with Crippen molar-refractivity contribution in [3.8, 4) is 0 Å². The maximum absolute atomic E-state index is 6.06. The Morgan fingerprint density at radius 3 is 2.86 bits per heavy atom. The first-order valence-corrected chi connectivity index (χ1v) is 6.26. The zero-order valence-corrected chi connectivity index (χ0v) is 9.31. The minimum absolute atomic E-state index is 0.608. The quantitative estimate of drug-likeness (QED) is 0.756. The number of hydrogen-bond donors (Lipinski definition) is 1. The van der Waals surface area contributed by atoms with Gasteiger partial charge in [-0.2, -0.15) is 0 Å². The van der Waals surface area contributed by atoms with Crippen LogP contribution in [0.4, 0.5) is 5.69 Å². The van der Waals surface area contributed by atoms with Crippen molar-refractivity contribution in [3.05, 3.63) is 27.9 Å². The fourth-order valence-corrected chi connectivity index (χ4v) is 3.39. The summed E-state index contributed by atoms with van der Waals surface area (Å²) >= 11 is 7.65. The number of rotatable bonds is 2. The summed E-state index contributed by atoms with van der Waals surface area (Å²) in [6, 6.07) is 2.68. The van der Waals surface area contributed by atoms with Crippen LogP contribution in [0.5, 0.6) is 0 Å². The van der Waals surface area contributed by atoms with Gasteiger partial charge in [0.2, 0.25) is 0 Å². The van der Waals surface area contributed by atoms with Gasteiger partial charge >= 0.3 is 0 Å². The predicted octanol–water partition coefficient (Wildman–Crippen LogP) is 3.78. The van der Waals surface area contributed by atoms with E-state index in [9.17, 15) is 0 Å². The lowest BCUT2D eigenvalue weighted by Gasteiger charge is -2.20. The second-order valence-electron chi connectivity index (χ2n) is 4.14. The van der Waals surface area contributed by atoms with Gasteiger partial charge in [-0.05, 0) is 36.1 Å². The van der Waals surface area contributed by atoms with Gasteiger partial charge in [-0.15, -0.1) is 11.3 Å². The third-order valence-corrected chi connectivity index (χ3v) is 4.41. The maximum Gasteiger partial charge on any atom is 0.116 e. The molecule has 0 saturated heterocycles. The summed E-state index contributed by atoms with van der Waals surface area (Å²) in [7, 11) is 0. The molecule has 0 radical (unpaired) electrons. The van der Waals surface area contributed by atoms with Gasteiger partial charge in [0.1, 0.15) is 4.34 Å². The molecule has 74 valence electrons. The first-order chi connectivity index (χ1) is 6.83. The molecule has 1 heterocycles. The Morgan fingerprint density at radius 1 is 1.36 bits per heavy atom. The van der Waals surface area contributed by atoms with Crippen LogP contribution in [0.15, 0.2) is 23.6 Å². The summed E-state index contributed by atoms with van der Waals surface area (Å²) < 4.78 is 0.886. The second-order valence-corrected chi connectivity index (χ2v) is 5.66. The van der Waals surface area contributed by atoms with Crippen molar-refractivity contribution in [2.24, 2.45) is 11.8 Å². The molecule has 0 amide bonds. The number of anilines is 1. The number of nitrogens with one attached hydrogen (secondary N) is 1. The summed E-state index contributed by atoms with van der Waals surface area (Å²) in [6.07, 6.45) is 7.32. The third kappa shape index (κ3) is 1.37. The van der Waals surface area contributed by atoms with E-state index in [4.69, 9.17) is 11.6 Å². The number of hydrogen-bond acceptors (Lipinski definition) is 2. The largest absolute Gasteiger partial charge is 0.380 e. The minimum atomic E-state index is 0.608. The molecule has 1 fully saturated rings. The molecule has 2 aliphatic rings. The lowest BCUT2D eigenvalue weighted by Crippen LogP contribution is -2.23. The molecule has 1 nitrogen and oxygen atoms in total. The van der Waals surface area contributed by atoms with Gasteiger partial charge in [0.25, 0.3) is 0 Å². The number of allylic oxidation sites excluding steroid dienone is 1. The van der Waals surface area contributed by atoms with E-state index in [0.717, 1.165) is 21.9 Å². The average Bonchev–Trinajstić information content (AvgIpc) is 2.83. The van der Waals surface area contributed by atoms with E-state index in [1.807, 2.05) is 5.38 Å². The topological polar surface area (TPSA) is 12.0 Å². The molecule has 3 atom stereocenters. The first kappa shape index (κ1) is 8.81. The van der Waals surface area contributed by atoms with Crippen LogP contribution in [-0.4, -0.2) is 6.04 Å². The van der Waals surface area contributed by atoms with Crippen molar-refractivity contribution in [1.29, 1.82) is 0 Å². The van der Waals surface area contributed by atoms with Crippen LogP contribution in [0.2, 0.25) is 4.34 Å². The smallest absolute Gasteiger partial charge is 0.116 e. The second kappa shape index (κ2) is 3.28. The van der Waals surface area contributed by atoms with Gasteiger partial charge in [-0.3, -0.25) is 0 Å². The molecule has 2 aliphatic carbocycles. The highest BCUT2D eigenvalue weighted by atomic mass is 35.5. The summed E-state index contributed by atoms with van der Waals surface area (Å²) in [4.78, 5) is 0. The van der Waals surface area contributed by atoms with Crippen LogP contribution in [0, 0.1) is 11.8 Å². The van der Waals surface area contributed by atoms with Crippen LogP contribution >= 0.6 is 22.9 Å². The van der Waals surface area contributed by atoms with Crippen LogP contribution in [0.3, 0.4) is 0 Å². The molecule has 0 spiro atoms. The van der Waals surface area contributed by atoms with Gasteiger partial charge in [0.15, 0.2) is 0 Å². The van der Waals surface area contributed by atoms with E-state index in [1.165, 1.54) is 12.8 Å². The summed E-state index contributed by atoms with van der Waals surface area (Å²) in [5.74, 6) is 1.55. The maximum atomic E-state index is 6.06. The normalized spacial score (nSPS) is 33.9. The van der Waals surface area contributed by atoms with Crippen molar-refractivity contribution in [3.63, 3.8) is 0 Å². The monoisotopic (exact) mass is 225 g/mol. The Labute approximate surface area is 92.8 Å². The first-order valence-electron chi connectivity index (χ1n) is 5.01. The van der Waals surface area contributed by atoms with Crippen molar-refractivity contribution in [1.82, 2.24) is 0 Å². The van der Waals surface area contributed by atoms with E-state index in [2.05, 4.69) is 23.5 Å². The standard InChI is InChI=1S/C11H12ClNS/c12-11-9(3-4-14-11)13-10-6-7-1-2-8(10)5-7/h1-4,7-8,10,13H,5-6H2/t7-,8+,10?/m1/s1.